The van der Waals surface area contributed by atoms with Crippen LogP contribution in [-0.2, 0) is 4.79 Å². The Hall–Kier alpha value is -2.69. The Morgan fingerprint density at radius 1 is 1.28 bits per heavy atom. The van der Waals surface area contributed by atoms with E-state index in [2.05, 4.69) is 31.2 Å². The largest absolute Gasteiger partial charge is 0.370 e. The molecule has 0 bridgehead atoms. The summed E-state index contributed by atoms with van der Waals surface area (Å²) in [4.78, 5) is 31.5. The second kappa shape index (κ2) is 9.85. The minimum Gasteiger partial charge on any atom is -0.370 e. The lowest BCUT2D eigenvalue weighted by Gasteiger charge is -2.41. The number of likely N-dealkylation sites (N-methyl/N-ethyl adjacent to an activating group) is 1. The molecule has 2 aliphatic heterocycles. The van der Waals surface area contributed by atoms with Gasteiger partial charge in [0.05, 0.1) is 11.4 Å². The standard InChI is InChI=1S/C22H31N7O2S/c1-24-22(20(23)31)8-11-29(12-9-22)18-7-3-2-6-16(18)27-19(30)17-14-32-21(28-17)26-15-5-4-10-25-13-15/h2-3,6-7,14-15,24-25H,4-5,8-13H2,1H3,(H2,23,31)(H,26,28)(H,27,30)/t15-/m0/s1. The van der Waals surface area contributed by atoms with Crippen LogP contribution in [0.15, 0.2) is 29.6 Å². The lowest BCUT2D eigenvalue weighted by molar-refractivity contribution is -0.125. The Balaban J connectivity index is 1.41. The zero-order valence-electron chi connectivity index (χ0n) is 18.3. The van der Waals surface area contributed by atoms with Crippen molar-refractivity contribution in [3.63, 3.8) is 0 Å². The molecule has 4 rings (SSSR count). The highest BCUT2D eigenvalue weighted by atomic mass is 32.1. The Kier molecular flexibility index (Phi) is 6.92. The van der Waals surface area contributed by atoms with Crippen molar-refractivity contribution in [2.75, 3.05) is 48.8 Å². The summed E-state index contributed by atoms with van der Waals surface area (Å²) < 4.78 is 0. The molecule has 2 aliphatic rings. The van der Waals surface area contributed by atoms with Crippen molar-refractivity contribution >= 4 is 39.7 Å². The molecule has 1 aromatic heterocycles. The van der Waals surface area contributed by atoms with Crippen LogP contribution in [0.5, 0.6) is 0 Å². The molecule has 9 nitrogen and oxygen atoms in total. The number of rotatable bonds is 7. The molecule has 2 amide bonds. The second-order valence-electron chi connectivity index (χ2n) is 8.38. The SMILES string of the molecule is CNC1(C(N)=O)CCN(c2ccccc2NC(=O)c2csc(N[C@H]3CCCNC3)n2)CC1. The number of hydrogen-bond acceptors (Lipinski definition) is 8. The molecule has 10 heteroatoms. The molecule has 172 valence electrons. The van der Waals surface area contributed by atoms with Gasteiger partial charge in [-0.2, -0.15) is 0 Å². The summed E-state index contributed by atoms with van der Waals surface area (Å²) >= 11 is 1.45. The van der Waals surface area contributed by atoms with Crippen molar-refractivity contribution in [1.82, 2.24) is 15.6 Å². The Morgan fingerprint density at radius 3 is 2.75 bits per heavy atom. The van der Waals surface area contributed by atoms with Crippen LogP contribution >= 0.6 is 11.3 Å². The van der Waals surface area contributed by atoms with Gasteiger partial charge in [-0.3, -0.25) is 9.59 Å². The van der Waals surface area contributed by atoms with Gasteiger partial charge in [-0.1, -0.05) is 12.1 Å². The Bertz CT molecular complexity index is 949. The number of primary amides is 1. The monoisotopic (exact) mass is 457 g/mol. The number of carbonyl (C=O) groups excluding carboxylic acids is 2. The predicted molar refractivity (Wildman–Crippen MR) is 128 cm³/mol. The summed E-state index contributed by atoms with van der Waals surface area (Å²) in [5, 5.41) is 15.5. The van der Waals surface area contributed by atoms with Gasteiger partial charge < -0.3 is 31.9 Å². The Morgan fingerprint density at radius 2 is 2.06 bits per heavy atom. The minimum absolute atomic E-state index is 0.234. The van der Waals surface area contributed by atoms with Crippen LogP contribution in [0.1, 0.15) is 36.2 Å². The summed E-state index contributed by atoms with van der Waals surface area (Å²) in [6.45, 7) is 3.29. The first-order valence-electron chi connectivity index (χ1n) is 11.1. The van der Waals surface area contributed by atoms with E-state index in [0.717, 1.165) is 42.4 Å². The highest BCUT2D eigenvalue weighted by Crippen LogP contribution is 2.31. The van der Waals surface area contributed by atoms with E-state index in [0.29, 0.717) is 37.7 Å². The average Bonchev–Trinajstić information content (AvgIpc) is 3.29. The lowest BCUT2D eigenvalue weighted by atomic mass is 9.86. The fraction of sp³-hybridized carbons (Fsp3) is 0.500. The summed E-state index contributed by atoms with van der Waals surface area (Å²) in [6.07, 6.45) is 3.46. The van der Waals surface area contributed by atoms with Gasteiger partial charge in [-0.25, -0.2) is 4.98 Å². The zero-order valence-corrected chi connectivity index (χ0v) is 19.1. The van der Waals surface area contributed by atoms with Crippen LogP contribution in [0, 0.1) is 0 Å². The minimum atomic E-state index is -0.674. The number of benzene rings is 1. The van der Waals surface area contributed by atoms with Crippen molar-refractivity contribution in [3.8, 4) is 0 Å². The molecule has 2 saturated heterocycles. The first-order valence-corrected chi connectivity index (χ1v) is 12.0. The molecular formula is C22H31N7O2S. The van der Waals surface area contributed by atoms with Crippen molar-refractivity contribution < 1.29 is 9.59 Å². The molecule has 0 aliphatic carbocycles. The first-order chi connectivity index (χ1) is 15.5. The first kappa shape index (κ1) is 22.5. The van der Waals surface area contributed by atoms with E-state index >= 15 is 0 Å². The fourth-order valence-electron chi connectivity index (χ4n) is 4.38. The summed E-state index contributed by atoms with van der Waals surface area (Å²) in [6, 6.07) is 8.06. The van der Waals surface area contributed by atoms with Crippen molar-refractivity contribution in [2.24, 2.45) is 5.73 Å². The number of nitrogens with one attached hydrogen (secondary N) is 4. The van der Waals surface area contributed by atoms with Gasteiger partial charge in [0.2, 0.25) is 5.91 Å². The number of piperidine rings is 2. The third kappa shape index (κ3) is 4.87. The molecule has 32 heavy (non-hydrogen) atoms. The molecule has 2 fully saturated rings. The number of thiazole rings is 1. The van der Waals surface area contributed by atoms with Crippen molar-refractivity contribution in [1.29, 1.82) is 0 Å². The van der Waals surface area contributed by atoms with Gasteiger partial charge in [-0.15, -0.1) is 11.3 Å². The zero-order chi connectivity index (χ0) is 22.6. The van der Waals surface area contributed by atoms with Gasteiger partial charge >= 0.3 is 0 Å². The molecule has 1 aromatic carbocycles. The maximum absolute atomic E-state index is 12.9. The molecule has 0 radical (unpaired) electrons. The topological polar surface area (TPSA) is 124 Å². The van der Waals surface area contributed by atoms with E-state index in [4.69, 9.17) is 5.73 Å². The van der Waals surface area contributed by atoms with Crippen LogP contribution in [-0.4, -0.2) is 61.6 Å². The molecule has 0 saturated carbocycles. The van der Waals surface area contributed by atoms with Crippen LogP contribution in [0.2, 0.25) is 0 Å². The highest BCUT2D eigenvalue weighted by Gasteiger charge is 2.38. The number of nitrogens with zero attached hydrogens (tertiary/aromatic N) is 2. The van der Waals surface area contributed by atoms with E-state index in [9.17, 15) is 9.59 Å². The van der Waals surface area contributed by atoms with Crippen LogP contribution in [0.3, 0.4) is 0 Å². The normalized spacial score (nSPS) is 20.5. The number of anilines is 3. The molecule has 3 heterocycles. The van der Waals surface area contributed by atoms with E-state index in [1.54, 1.807) is 12.4 Å². The number of aromatic nitrogens is 1. The Labute approximate surface area is 192 Å². The molecule has 0 unspecified atom stereocenters. The maximum Gasteiger partial charge on any atom is 0.275 e. The third-order valence-electron chi connectivity index (χ3n) is 6.42. The highest BCUT2D eigenvalue weighted by molar-refractivity contribution is 7.13. The number of amides is 2. The third-order valence-corrected chi connectivity index (χ3v) is 7.19. The van der Waals surface area contributed by atoms with Gasteiger partial charge in [-0.05, 0) is 51.4 Å². The smallest absolute Gasteiger partial charge is 0.275 e. The number of hydrogen-bond donors (Lipinski definition) is 5. The second-order valence-corrected chi connectivity index (χ2v) is 9.24. The number of carbonyl (C=O) groups is 2. The van der Waals surface area contributed by atoms with Crippen LogP contribution in [0.4, 0.5) is 16.5 Å². The van der Waals surface area contributed by atoms with Gasteiger partial charge in [0.25, 0.3) is 5.91 Å². The number of nitrogens with two attached hydrogens (primary N) is 1. The van der Waals surface area contributed by atoms with Gasteiger partial charge in [0.1, 0.15) is 11.2 Å². The van der Waals surface area contributed by atoms with Gasteiger partial charge in [0.15, 0.2) is 5.13 Å². The predicted octanol–water partition coefficient (Wildman–Crippen LogP) is 1.60. The molecule has 2 aromatic rings. The molecule has 0 spiro atoms. The summed E-state index contributed by atoms with van der Waals surface area (Å²) in [5.74, 6) is -0.555. The summed E-state index contributed by atoms with van der Waals surface area (Å²) in [5.41, 5.74) is 7.01. The van der Waals surface area contributed by atoms with E-state index in [1.807, 2.05) is 24.3 Å². The van der Waals surface area contributed by atoms with Crippen molar-refractivity contribution in [3.05, 3.63) is 35.3 Å². The quantitative estimate of drug-likeness (QED) is 0.428. The fourth-order valence-corrected chi connectivity index (χ4v) is 5.15. The van der Waals surface area contributed by atoms with Crippen LogP contribution < -0.4 is 31.9 Å². The maximum atomic E-state index is 12.9. The molecule has 1 atom stereocenters. The molecule has 6 N–H and O–H groups in total. The summed E-state index contributed by atoms with van der Waals surface area (Å²) in [7, 11) is 1.77. The number of para-hydroxylation sites is 2. The van der Waals surface area contributed by atoms with Crippen LogP contribution in [0.25, 0.3) is 0 Å². The van der Waals surface area contributed by atoms with E-state index < -0.39 is 5.54 Å². The molecular weight excluding hydrogens is 426 g/mol. The van der Waals surface area contributed by atoms with Crippen molar-refractivity contribution in [2.45, 2.75) is 37.3 Å². The lowest BCUT2D eigenvalue weighted by Crippen LogP contribution is -2.59. The average molecular weight is 458 g/mol. The van der Waals surface area contributed by atoms with E-state index in [-0.39, 0.29) is 11.8 Å². The van der Waals surface area contributed by atoms with Gasteiger partial charge in [0, 0.05) is 31.1 Å². The van der Waals surface area contributed by atoms with E-state index in [1.165, 1.54) is 11.3 Å².